The zero-order valence-corrected chi connectivity index (χ0v) is 24.8. The lowest BCUT2D eigenvalue weighted by Gasteiger charge is -2.44. The molecule has 0 aliphatic carbocycles. The van der Waals surface area contributed by atoms with Crippen molar-refractivity contribution in [1.29, 1.82) is 0 Å². The molecule has 206 valence electrons. The summed E-state index contributed by atoms with van der Waals surface area (Å²) in [4.78, 5) is 12.0. The number of carbonyl (C=O) groups is 1. The van der Waals surface area contributed by atoms with Crippen LogP contribution in [0.25, 0.3) is 0 Å². The minimum atomic E-state index is -2.25. The Morgan fingerprint density at radius 1 is 0.821 bits per heavy atom. The molecule has 6 heteroatoms. The lowest BCUT2D eigenvalue weighted by atomic mass is 9.80. The van der Waals surface area contributed by atoms with Crippen molar-refractivity contribution in [2.75, 3.05) is 6.61 Å². The number of hydrogen-bond donors (Lipinski definition) is 0. The SMILES string of the molecule is CC(=O)O[C@@H]1C=CO[C@H](COC(c2ccccc2)(c2ccccc2)c2ccccc2)[C@H]1O[Si](C)(C)C(C)(C)C. The highest BCUT2D eigenvalue weighted by Crippen LogP contribution is 2.42. The highest BCUT2D eigenvalue weighted by molar-refractivity contribution is 6.74. The van der Waals surface area contributed by atoms with E-state index in [1.165, 1.54) is 6.92 Å². The molecule has 3 aromatic carbocycles. The second-order valence-electron chi connectivity index (χ2n) is 11.5. The zero-order valence-electron chi connectivity index (χ0n) is 23.8. The molecule has 1 heterocycles. The quantitative estimate of drug-likeness (QED) is 0.162. The standard InChI is InChI=1S/C33H40O5Si/c1-25(34)37-29-22-23-35-30(31(29)38-39(5,6)32(2,3)4)24-36-33(26-16-10-7-11-17-26,27-18-12-8-13-19-27)28-20-14-9-15-21-28/h7-23,29-31H,24H2,1-6H3/t29-,30-,31+/m1/s1. The van der Waals surface area contributed by atoms with Crippen LogP contribution in [-0.2, 0) is 29.0 Å². The summed E-state index contributed by atoms with van der Waals surface area (Å²) in [5.41, 5.74) is 2.12. The first kappa shape index (κ1) is 28.8. The molecular weight excluding hydrogens is 504 g/mol. The minimum Gasteiger partial charge on any atom is -0.493 e. The van der Waals surface area contributed by atoms with Crippen LogP contribution < -0.4 is 0 Å². The average Bonchev–Trinajstić information content (AvgIpc) is 2.91. The third-order valence-corrected chi connectivity index (χ3v) is 12.2. The summed E-state index contributed by atoms with van der Waals surface area (Å²) >= 11 is 0. The second kappa shape index (κ2) is 11.9. The molecule has 0 amide bonds. The van der Waals surface area contributed by atoms with Crippen molar-refractivity contribution < 1.29 is 23.4 Å². The van der Waals surface area contributed by atoms with Crippen LogP contribution >= 0.6 is 0 Å². The molecule has 1 aliphatic heterocycles. The summed E-state index contributed by atoms with van der Waals surface area (Å²) in [6, 6.07) is 30.7. The van der Waals surface area contributed by atoms with Crippen LogP contribution in [0.15, 0.2) is 103 Å². The van der Waals surface area contributed by atoms with E-state index in [9.17, 15) is 4.79 Å². The van der Waals surface area contributed by atoms with Gasteiger partial charge in [-0.1, -0.05) is 112 Å². The first-order valence-corrected chi connectivity index (χ1v) is 16.4. The minimum absolute atomic E-state index is 0.0395. The van der Waals surface area contributed by atoms with Crippen molar-refractivity contribution in [2.24, 2.45) is 0 Å². The topological polar surface area (TPSA) is 54.0 Å². The predicted molar refractivity (Wildman–Crippen MR) is 157 cm³/mol. The molecule has 0 radical (unpaired) electrons. The van der Waals surface area contributed by atoms with E-state index < -0.39 is 32.2 Å². The Kier molecular flexibility index (Phi) is 8.79. The molecule has 0 saturated heterocycles. The maximum Gasteiger partial charge on any atom is 0.303 e. The van der Waals surface area contributed by atoms with E-state index in [2.05, 4.69) is 70.3 Å². The molecular formula is C33H40O5Si. The van der Waals surface area contributed by atoms with Crippen molar-refractivity contribution >= 4 is 14.3 Å². The third kappa shape index (κ3) is 6.35. The Morgan fingerprint density at radius 3 is 1.69 bits per heavy atom. The third-order valence-electron chi connectivity index (χ3n) is 7.76. The van der Waals surface area contributed by atoms with Crippen molar-refractivity contribution in [2.45, 2.75) is 69.7 Å². The van der Waals surface area contributed by atoms with Crippen LogP contribution in [0, 0.1) is 0 Å². The zero-order chi connectivity index (χ0) is 28.1. The number of esters is 1. The molecule has 5 nitrogen and oxygen atoms in total. The van der Waals surface area contributed by atoms with Gasteiger partial charge >= 0.3 is 5.97 Å². The van der Waals surface area contributed by atoms with Crippen LogP contribution in [0.3, 0.4) is 0 Å². The molecule has 39 heavy (non-hydrogen) atoms. The van der Waals surface area contributed by atoms with Gasteiger partial charge in [0.05, 0.1) is 12.9 Å². The summed E-state index contributed by atoms with van der Waals surface area (Å²) in [6.07, 6.45) is 1.78. The molecule has 0 saturated carbocycles. The molecule has 3 atom stereocenters. The number of ether oxygens (including phenoxy) is 3. The number of benzene rings is 3. The molecule has 0 unspecified atom stereocenters. The van der Waals surface area contributed by atoms with Gasteiger partial charge in [0, 0.05) is 6.92 Å². The monoisotopic (exact) mass is 544 g/mol. The predicted octanol–water partition coefficient (Wildman–Crippen LogP) is 7.23. The van der Waals surface area contributed by atoms with Crippen LogP contribution in [0.1, 0.15) is 44.4 Å². The van der Waals surface area contributed by atoms with Crippen molar-refractivity contribution in [3.05, 3.63) is 120 Å². The maximum atomic E-state index is 12.0. The fourth-order valence-corrected chi connectivity index (χ4v) is 6.01. The second-order valence-corrected chi connectivity index (χ2v) is 16.3. The Hall–Kier alpha value is -3.19. The Balaban J connectivity index is 1.77. The molecule has 3 aromatic rings. The van der Waals surface area contributed by atoms with Gasteiger partial charge in [-0.3, -0.25) is 4.79 Å². The van der Waals surface area contributed by atoms with E-state index in [4.69, 9.17) is 18.6 Å². The largest absolute Gasteiger partial charge is 0.493 e. The van der Waals surface area contributed by atoms with Crippen molar-refractivity contribution in [3.63, 3.8) is 0 Å². The van der Waals surface area contributed by atoms with Gasteiger partial charge in [-0.15, -0.1) is 0 Å². The summed E-state index contributed by atoms with van der Waals surface area (Å²) in [5, 5.41) is -0.0395. The number of rotatable bonds is 9. The van der Waals surface area contributed by atoms with Crippen LogP contribution in [-0.4, -0.2) is 39.2 Å². The summed E-state index contributed by atoms with van der Waals surface area (Å²) < 4.78 is 25.8. The lowest BCUT2D eigenvalue weighted by molar-refractivity contribution is -0.159. The fourth-order valence-electron chi connectivity index (χ4n) is 4.69. The van der Waals surface area contributed by atoms with Gasteiger partial charge in [0.25, 0.3) is 0 Å². The molecule has 0 N–H and O–H groups in total. The Bertz CT molecular complexity index is 1140. The van der Waals surface area contributed by atoms with Gasteiger partial charge in [-0.05, 0) is 40.9 Å². The fraction of sp³-hybridized carbons (Fsp3) is 0.364. The van der Waals surface area contributed by atoms with Gasteiger partial charge in [0.15, 0.2) is 14.4 Å². The molecule has 0 spiro atoms. The smallest absolute Gasteiger partial charge is 0.303 e. The van der Waals surface area contributed by atoms with Gasteiger partial charge < -0.3 is 18.6 Å². The number of carbonyl (C=O) groups excluding carboxylic acids is 1. The molecule has 4 rings (SSSR count). The van der Waals surface area contributed by atoms with E-state index >= 15 is 0 Å². The summed E-state index contributed by atoms with van der Waals surface area (Å²) in [5.74, 6) is -0.359. The molecule has 0 aromatic heterocycles. The summed E-state index contributed by atoms with van der Waals surface area (Å²) in [6.45, 7) is 12.6. The van der Waals surface area contributed by atoms with Crippen molar-refractivity contribution in [1.82, 2.24) is 0 Å². The van der Waals surface area contributed by atoms with E-state index in [0.717, 1.165) is 16.7 Å². The van der Waals surface area contributed by atoms with Crippen LogP contribution in [0.5, 0.6) is 0 Å². The molecule has 1 aliphatic rings. The van der Waals surface area contributed by atoms with E-state index in [-0.39, 0.29) is 17.6 Å². The highest BCUT2D eigenvalue weighted by atomic mass is 28.4. The lowest BCUT2D eigenvalue weighted by Crippen LogP contribution is -2.54. The van der Waals surface area contributed by atoms with E-state index in [0.29, 0.717) is 0 Å². The first-order valence-electron chi connectivity index (χ1n) is 13.5. The molecule has 0 bridgehead atoms. The van der Waals surface area contributed by atoms with Gasteiger partial charge in [0.2, 0.25) is 0 Å². The highest BCUT2D eigenvalue weighted by Gasteiger charge is 2.46. The normalized spacial score (nSPS) is 19.8. The van der Waals surface area contributed by atoms with Gasteiger partial charge in [0.1, 0.15) is 17.8 Å². The Labute approximate surface area is 233 Å². The van der Waals surface area contributed by atoms with Gasteiger partial charge in [-0.25, -0.2) is 0 Å². The Morgan fingerprint density at radius 2 is 1.28 bits per heavy atom. The van der Waals surface area contributed by atoms with E-state index in [1.807, 2.05) is 54.6 Å². The first-order chi connectivity index (χ1) is 18.5. The maximum absolute atomic E-state index is 12.0. The van der Waals surface area contributed by atoms with E-state index in [1.54, 1.807) is 12.3 Å². The molecule has 0 fully saturated rings. The number of hydrogen-bond acceptors (Lipinski definition) is 5. The average molecular weight is 545 g/mol. The van der Waals surface area contributed by atoms with Crippen molar-refractivity contribution in [3.8, 4) is 0 Å². The van der Waals surface area contributed by atoms with Crippen LogP contribution in [0.2, 0.25) is 18.1 Å². The van der Waals surface area contributed by atoms with Crippen LogP contribution in [0.4, 0.5) is 0 Å². The summed E-state index contributed by atoms with van der Waals surface area (Å²) in [7, 11) is -2.25. The van der Waals surface area contributed by atoms with Gasteiger partial charge in [-0.2, -0.15) is 0 Å².